The average Bonchev–Trinajstić information content (AvgIpc) is 3.22. The molecular weight excluding hydrogens is 423 g/mol. The minimum absolute atomic E-state index is 0.281. The smallest absolute Gasteiger partial charge is 0.323 e. The molecule has 0 atom stereocenters. The van der Waals surface area contributed by atoms with Gasteiger partial charge >= 0.3 is 5.51 Å². The lowest BCUT2D eigenvalue weighted by molar-refractivity contribution is -0.0323. The second-order valence-electron chi connectivity index (χ2n) is 5.25. The van der Waals surface area contributed by atoms with Gasteiger partial charge in [0, 0.05) is 22.8 Å². The van der Waals surface area contributed by atoms with Gasteiger partial charge in [0.15, 0.2) is 0 Å². The van der Waals surface area contributed by atoms with Gasteiger partial charge in [-0.1, -0.05) is 18.5 Å². The van der Waals surface area contributed by atoms with E-state index in [1.165, 1.54) is 17.4 Å². The maximum Gasteiger partial charge on any atom is 0.461 e. The van der Waals surface area contributed by atoms with Crippen LogP contribution in [0.3, 0.4) is 0 Å². The first-order chi connectivity index (χ1) is 12.4. The molecule has 0 bridgehead atoms. The van der Waals surface area contributed by atoms with Crippen molar-refractivity contribution in [1.29, 1.82) is 0 Å². The molecule has 3 nitrogen and oxygen atoms in total. The summed E-state index contributed by atoms with van der Waals surface area (Å²) in [7, 11) is 0. The Morgan fingerprint density at radius 1 is 1.31 bits per heavy atom. The Labute approximate surface area is 165 Å². The molecule has 0 spiro atoms. The van der Waals surface area contributed by atoms with E-state index in [2.05, 4.69) is 21.6 Å². The number of rotatable bonds is 6. The maximum atomic E-state index is 12.3. The van der Waals surface area contributed by atoms with Crippen molar-refractivity contribution in [3.8, 4) is 21.1 Å². The van der Waals surface area contributed by atoms with Gasteiger partial charge in [-0.05, 0) is 31.0 Å². The van der Waals surface area contributed by atoms with E-state index < -0.39 is 5.51 Å². The van der Waals surface area contributed by atoms with E-state index in [1.54, 1.807) is 23.5 Å². The van der Waals surface area contributed by atoms with E-state index >= 15 is 0 Å². The molecule has 10 heteroatoms. The molecule has 0 saturated carbocycles. The molecule has 1 N–H and O–H groups in total. The van der Waals surface area contributed by atoms with E-state index in [0.717, 1.165) is 27.7 Å². The SMILES string of the molecule is CCCc1ncc(-c2nc(-c3ccc(NSC(F)(F)F)cc3Cl)cs2)s1. The highest BCUT2D eigenvalue weighted by atomic mass is 35.5. The monoisotopic (exact) mass is 435 g/mol. The van der Waals surface area contributed by atoms with Crippen molar-refractivity contribution in [2.45, 2.75) is 25.3 Å². The molecule has 0 saturated heterocycles. The molecule has 0 unspecified atom stereocenters. The van der Waals surface area contributed by atoms with Crippen LogP contribution in [0.15, 0.2) is 29.8 Å². The Balaban J connectivity index is 1.78. The van der Waals surface area contributed by atoms with Crippen LogP contribution in [0.4, 0.5) is 18.9 Å². The van der Waals surface area contributed by atoms with Crippen molar-refractivity contribution >= 4 is 51.9 Å². The zero-order valence-electron chi connectivity index (χ0n) is 13.4. The van der Waals surface area contributed by atoms with E-state index in [-0.39, 0.29) is 17.6 Å². The summed E-state index contributed by atoms with van der Waals surface area (Å²) in [6.07, 6.45) is 3.80. The number of hydrogen-bond acceptors (Lipinski definition) is 6. The number of nitrogens with one attached hydrogen (secondary N) is 1. The first-order valence-corrected chi connectivity index (χ1v) is 10.5. The molecule has 3 rings (SSSR count). The maximum absolute atomic E-state index is 12.3. The van der Waals surface area contributed by atoms with Gasteiger partial charge < -0.3 is 4.72 Å². The summed E-state index contributed by atoms with van der Waals surface area (Å²) < 4.78 is 39.0. The summed E-state index contributed by atoms with van der Waals surface area (Å²) in [5.41, 5.74) is -2.71. The molecule has 0 amide bonds. The summed E-state index contributed by atoms with van der Waals surface area (Å²) in [5, 5.41) is 4.15. The summed E-state index contributed by atoms with van der Waals surface area (Å²) in [4.78, 5) is 9.99. The lowest BCUT2D eigenvalue weighted by Crippen LogP contribution is -2.04. The molecular formula is C16H13ClF3N3S3. The van der Waals surface area contributed by atoms with Gasteiger partial charge in [-0.25, -0.2) is 9.97 Å². The van der Waals surface area contributed by atoms with Gasteiger partial charge in [0.05, 0.1) is 32.5 Å². The fourth-order valence-corrected chi connectivity index (χ4v) is 4.69. The fourth-order valence-electron chi connectivity index (χ4n) is 2.15. The van der Waals surface area contributed by atoms with Crippen LogP contribution in [-0.4, -0.2) is 15.5 Å². The van der Waals surface area contributed by atoms with E-state index in [4.69, 9.17) is 11.6 Å². The molecule has 26 heavy (non-hydrogen) atoms. The molecule has 0 aliphatic rings. The average molecular weight is 436 g/mol. The Morgan fingerprint density at radius 3 is 2.81 bits per heavy atom. The largest absolute Gasteiger partial charge is 0.461 e. The number of aromatic nitrogens is 2. The van der Waals surface area contributed by atoms with Gasteiger partial charge in [0.25, 0.3) is 0 Å². The molecule has 0 aliphatic carbocycles. The topological polar surface area (TPSA) is 37.8 Å². The van der Waals surface area contributed by atoms with Crippen molar-refractivity contribution in [3.63, 3.8) is 0 Å². The molecule has 1 aromatic carbocycles. The van der Waals surface area contributed by atoms with Crippen LogP contribution in [0, 0.1) is 0 Å². The lowest BCUT2D eigenvalue weighted by atomic mass is 10.1. The van der Waals surface area contributed by atoms with Crippen LogP contribution in [0.5, 0.6) is 0 Å². The van der Waals surface area contributed by atoms with E-state index in [0.29, 0.717) is 16.3 Å². The predicted octanol–water partition coefficient (Wildman–Crippen LogP) is 7.12. The normalized spacial score (nSPS) is 11.7. The highest BCUT2D eigenvalue weighted by Gasteiger charge is 2.29. The van der Waals surface area contributed by atoms with Gasteiger partial charge in [0.1, 0.15) is 5.01 Å². The fraction of sp³-hybridized carbons (Fsp3) is 0.250. The molecule has 2 aromatic heterocycles. The first kappa shape index (κ1) is 19.5. The first-order valence-electron chi connectivity index (χ1n) is 7.57. The minimum atomic E-state index is -4.36. The van der Waals surface area contributed by atoms with Crippen molar-refractivity contribution in [3.05, 3.63) is 39.8 Å². The minimum Gasteiger partial charge on any atom is -0.323 e. The van der Waals surface area contributed by atoms with Gasteiger partial charge in [-0.15, -0.1) is 22.7 Å². The van der Waals surface area contributed by atoms with Crippen molar-refractivity contribution in [2.24, 2.45) is 0 Å². The van der Waals surface area contributed by atoms with Crippen molar-refractivity contribution in [1.82, 2.24) is 9.97 Å². The number of thiazole rings is 2. The predicted molar refractivity (Wildman–Crippen MR) is 105 cm³/mol. The Kier molecular flexibility index (Phi) is 6.11. The van der Waals surface area contributed by atoms with Crippen LogP contribution in [0.1, 0.15) is 18.4 Å². The summed E-state index contributed by atoms with van der Waals surface area (Å²) in [6.45, 7) is 2.11. The van der Waals surface area contributed by atoms with Crippen LogP contribution in [-0.2, 0) is 6.42 Å². The summed E-state index contributed by atoms with van der Waals surface area (Å²) >= 11 is 9.02. The second kappa shape index (κ2) is 8.16. The number of hydrogen-bond donors (Lipinski definition) is 1. The lowest BCUT2D eigenvalue weighted by Gasteiger charge is -2.09. The zero-order valence-corrected chi connectivity index (χ0v) is 16.6. The highest BCUT2D eigenvalue weighted by Crippen LogP contribution is 2.37. The van der Waals surface area contributed by atoms with Crippen molar-refractivity contribution in [2.75, 3.05) is 4.72 Å². The van der Waals surface area contributed by atoms with Crippen LogP contribution in [0.2, 0.25) is 5.02 Å². The summed E-state index contributed by atoms with van der Waals surface area (Å²) in [5.74, 6) is 0. The number of anilines is 1. The number of alkyl halides is 3. The van der Waals surface area contributed by atoms with Gasteiger partial charge in [0.2, 0.25) is 0 Å². The number of nitrogens with zero attached hydrogens (tertiary/aromatic N) is 2. The van der Waals surface area contributed by atoms with Crippen LogP contribution in [0.25, 0.3) is 21.1 Å². The number of halogens is 4. The van der Waals surface area contributed by atoms with Gasteiger partial charge in [-0.3, -0.25) is 0 Å². The number of aryl methyl sites for hydroxylation is 1. The van der Waals surface area contributed by atoms with Crippen LogP contribution >= 0.6 is 46.2 Å². The molecule has 0 fully saturated rings. The molecule has 0 aliphatic heterocycles. The molecule has 0 radical (unpaired) electrons. The molecule has 3 aromatic rings. The molecule has 138 valence electrons. The third kappa shape index (κ3) is 4.91. The standard InChI is InChI=1S/C16H13ClF3N3S3/c1-2-3-14-21-7-13(25-14)15-22-12(8-24-15)10-5-4-9(6-11(10)17)23-26-16(18,19)20/h4-8,23H,2-3H2,1H3. The van der Waals surface area contributed by atoms with Crippen molar-refractivity contribution < 1.29 is 13.2 Å². The van der Waals surface area contributed by atoms with Gasteiger partial charge in [-0.2, -0.15) is 13.2 Å². The molecule has 2 heterocycles. The quantitative estimate of drug-likeness (QED) is 0.418. The number of benzene rings is 1. The Morgan fingerprint density at radius 2 is 2.12 bits per heavy atom. The van der Waals surface area contributed by atoms with Crippen LogP contribution < -0.4 is 4.72 Å². The second-order valence-corrected chi connectivity index (χ2v) is 8.50. The third-order valence-corrected chi connectivity index (χ3v) is 6.21. The summed E-state index contributed by atoms with van der Waals surface area (Å²) in [6, 6.07) is 4.67. The van der Waals surface area contributed by atoms with E-state index in [9.17, 15) is 13.2 Å². The van der Waals surface area contributed by atoms with E-state index in [1.807, 2.05) is 11.6 Å². The zero-order chi connectivity index (χ0) is 18.7. The Hall–Kier alpha value is -1.29. The highest BCUT2D eigenvalue weighted by molar-refractivity contribution is 8.01. The Bertz CT molecular complexity index is 892. The third-order valence-electron chi connectivity index (χ3n) is 3.26.